The zero-order chi connectivity index (χ0) is 16.3. The smallest absolute Gasteiger partial charge is 0.155 e. The van der Waals surface area contributed by atoms with Crippen molar-refractivity contribution in [2.45, 2.75) is 78.0 Å². The van der Waals surface area contributed by atoms with Gasteiger partial charge in [0.05, 0.1) is 10.5 Å². The number of hydrogen-bond donors (Lipinski definition) is 1. The third kappa shape index (κ3) is 5.90. The van der Waals surface area contributed by atoms with Crippen LogP contribution in [-0.4, -0.2) is 31.5 Å². The van der Waals surface area contributed by atoms with Gasteiger partial charge in [-0.25, -0.2) is 8.42 Å². The Labute approximate surface area is 132 Å². The molecule has 3 unspecified atom stereocenters. The highest BCUT2D eigenvalue weighted by molar-refractivity contribution is 7.92. The maximum atomic E-state index is 12.3. The average Bonchev–Trinajstić information content (AvgIpc) is 2.33. The summed E-state index contributed by atoms with van der Waals surface area (Å²) in [4.78, 5) is 0. The molecule has 1 saturated carbocycles. The Balaban J connectivity index is 2.63. The van der Waals surface area contributed by atoms with Crippen molar-refractivity contribution in [1.82, 2.24) is 5.32 Å². The summed E-state index contributed by atoms with van der Waals surface area (Å²) in [6.07, 6.45) is 4.53. The van der Waals surface area contributed by atoms with E-state index >= 15 is 0 Å². The molecule has 0 amide bonds. The topological polar surface area (TPSA) is 46.2 Å². The molecule has 0 aromatic heterocycles. The van der Waals surface area contributed by atoms with Crippen LogP contribution in [-0.2, 0) is 9.84 Å². The lowest BCUT2D eigenvalue weighted by Crippen LogP contribution is -2.37. The summed E-state index contributed by atoms with van der Waals surface area (Å²) < 4.78 is 24.0. The van der Waals surface area contributed by atoms with Crippen LogP contribution in [0.15, 0.2) is 0 Å². The van der Waals surface area contributed by atoms with Gasteiger partial charge in [-0.05, 0) is 64.3 Å². The zero-order valence-electron chi connectivity index (χ0n) is 14.8. The van der Waals surface area contributed by atoms with Crippen LogP contribution >= 0.6 is 0 Å². The fraction of sp³-hybridized carbons (Fsp3) is 1.00. The van der Waals surface area contributed by atoms with Gasteiger partial charge in [-0.3, -0.25) is 0 Å². The Morgan fingerprint density at radius 3 is 2.29 bits per heavy atom. The number of hydrogen-bond acceptors (Lipinski definition) is 3. The van der Waals surface area contributed by atoms with E-state index in [9.17, 15) is 8.42 Å². The second-order valence-electron chi connectivity index (χ2n) is 8.22. The molecule has 1 aliphatic carbocycles. The van der Waals surface area contributed by atoms with Gasteiger partial charge < -0.3 is 5.32 Å². The first-order chi connectivity index (χ1) is 9.53. The van der Waals surface area contributed by atoms with E-state index in [4.69, 9.17) is 0 Å². The monoisotopic (exact) mass is 317 g/mol. The molecule has 0 saturated heterocycles. The van der Waals surface area contributed by atoms with Gasteiger partial charge in [0.1, 0.15) is 0 Å². The lowest BCUT2D eigenvalue weighted by atomic mass is 9.73. The highest BCUT2D eigenvalue weighted by Gasteiger charge is 2.33. The highest BCUT2D eigenvalue weighted by atomic mass is 32.2. The summed E-state index contributed by atoms with van der Waals surface area (Å²) in [5, 5.41) is 3.54. The SMILES string of the molecule is CC1CCC(CNC(C)C)C(CCS(=O)(=O)C(C)(C)C)C1. The number of nitrogens with one attached hydrogen (secondary N) is 1. The van der Waals surface area contributed by atoms with Crippen LogP contribution in [0.4, 0.5) is 0 Å². The first-order valence-electron chi connectivity index (χ1n) is 8.48. The minimum Gasteiger partial charge on any atom is -0.314 e. The van der Waals surface area contributed by atoms with E-state index in [2.05, 4.69) is 26.1 Å². The Bertz CT molecular complexity index is 409. The molecule has 0 aliphatic heterocycles. The molecule has 126 valence electrons. The van der Waals surface area contributed by atoms with Gasteiger partial charge >= 0.3 is 0 Å². The van der Waals surface area contributed by atoms with E-state index in [0.717, 1.165) is 18.9 Å². The molecule has 0 heterocycles. The predicted molar refractivity (Wildman–Crippen MR) is 91.3 cm³/mol. The van der Waals surface area contributed by atoms with Crippen molar-refractivity contribution in [2.75, 3.05) is 12.3 Å². The normalized spacial score (nSPS) is 28.0. The summed E-state index contributed by atoms with van der Waals surface area (Å²) >= 11 is 0. The minimum atomic E-state index is -2.99. The van der Waals surface area contributed by atoms with E-state index < -0.39 is 14.6 Å². The van der Waals surface area contributed by atoms with Gasteiger partial charge in [0.25, 0.3) is 0 Å². The lowest BCUT2D eigenvalue weighted by Gasteiger charge is -2.36. The average molecular weight is 318 g/mol. The molecule has 1 aliphatic rings. The highest BCUT2D eigenvalue weighted by Crippen LogP contribution is 2.36. The van der Waals surface area contributed by atoms with Crippen LogP contribution in [0.2, 0.25) is 0 Å². The molecule has 21 heavy (non-hydrogen) atoms. The Morgan fingerprint density at radius 2 is 1.76 bits per heavy atom. The quantitative estimate of drug-likeness (QED) is 0.813. The standard InChI is InChI=1S/C17H35NO2S/c1-13(2)18-12-16-8-7-14(3)11-15(16)9-10-21(19,20)17(4,5)6/h13-16,18H,7-12H2,1-6H3. The van der Waals surface area contributed by atoms with Gasteiger partial charge in [-0.1, -0.05) is 27.2 Å². The molecule has 1 rings (SSSR count). The first-order valence-corrected chi connectivity index (χ1v) is 10.1. The van der Waals surface area contributed by atoms with E-state index in [0.29, 0.717) is 23.6 Å². The molecule has 0 spiro atoms. The van der Waals surface area contributed by atoms with Gasteiger partial charge in [0.15, 0.2) is 9.84 Å². The predicted octanol–water partition coefficient (Wildman–Crippen LogP) is 3.64. The third-order valence-electron chi connectivity index (χ3n) is 4.88. The second-order valence-corrected chi connectivity index (χ2v) is 11.1. The third-order valence-corrected chi connectivity index (χ3v) is 7.52. The van der Waals surface area contributed by atoms with Crippen LogP contribution in [0.3, 0.4) is 0 Å². The molecule has 1 fully saturated rings. The summed E-state index contributed by atoms with van der Waals surface area (Å²) in [6.45, 7) is 13.1. The first kappa shape index (κ1) is 19.0. The van der Waals surface area contributed by atoms with Crippen LogP contribution < -0.4 is 5.32 Å². The molecule has 3 nitrogen and oxygen atoms in total. The van der Waals surface area contributed by atoms with Crippen molar-refractivity contribution < 1.29 is 8.42 Å². The summed E-state index contributed by atoms with van der Waals surface area (Å²) in [5.41, 5.74) is 0. The molecule has 1 N–H and O–H groups in total. The second kappa shape index (κ2) is 7.45. The lowest BCUT2D eigenvalue weighted by molar-refractivity contribution is 0.178. The molecule has 0 bridgehead atoms. The number of rotatable bonds is 6. The van der Waals surface area contributed by atoms with E-state index in [1.54, 1.807) is 0 Å². The molecule has 4 heteroatoms. The van der Waals surface area contributed by atoms with Gasteiger partial charge in [-0.15, -0.1) is 0 Å². The fourth-order valence-electron chi connectivity index (χ4n) is 3.18. The van der Waals surface area contributed by atoms with E-state index in [1.807, 2.05) is 20.8 Å². The molecule has 0 aromatic carbocycles. The van der Waals surface area contributed by atoms with E-state index in [-0.39, 0.29) is 0 Å². The Kier molecular flexibility index (Phi) is 6.73. The van der Waals surface area contributed by atoms with Crippen molar-refractivity contribution in [3.63, 3.8) is 0 Å². The van der Waals surface area contributed by atoms with Gasteiger partial charge in [0.2, 0.25) is 0 Å². The maximum absolute atomic E-state index is 12.3. The van der Waals surface area contributed by atoms with Crippen LogP contribution in [0.1, 0.15) is 67.2 Å². The van der Waals surface area contributed by atoms with Gasteiger partial charge in [0, 0.05) is 6.04 Å². The summed E-state index contributed by atoms with van der Waals surface area (Å²) in [5.74, 6) is 2.27. The van der Waals surface area contributed by atoms with Gasteiger partial charge in [-0.2, -0.15) is 0 Å². The zero-order valence-corrected chi connectivity index (χ0v) is 15.6. The fourth-order valence-corrected chi connectivity index (χ4v) is 4.41. The molecular weight excluding hydrogens is 282 g/mol. The van der Waals surface area contributed by atoms with Crippen molar-refractivity contribution in [3.05, 3.63) is 0 Å². The number of sulfone groups is 1. The van der Waals surface area contributed by atoms with Crippen molar-refractivity contribution in [3.8, 4) is 0 Å². The van der Waals surface area contributed by atoms with Crippen LogP contribution in [0.25, 0.3) is 0 Å². The van der Waals surface area contributed by atoms with E-state index in [1.165, 1.54) is 19.3 Å². The van der Waals surface area contributed by atoms with Crippen LogP contribution in [0, 0.1) is 17.8 Å². The maximum Gasteiger partial charge on any atom is 0.155 e. The van der Waals surface area contributed by atoms with Crippen molar-refractivity contribution in [2.24, 2.45) is 17.8 Å². The molecule has 0 radical (unpaired) electrons. The molecule has 3 atom stereocenters. The summed E-state index contributed by atoms with van der Waals surface area (Å²) in [6, 6.07) is 0.503. The molecule has 0 aromatic rings. The minimum absolute atomic E-state index is 0.339. The largest absolute Gasteiger partial charge is 0.314 e. The van der Waals surface area contributed by atoms with Crippen molar-refractivity contribution in [1.29, 1.82) is 0 Å². The van der Waals surface area contributed by atoms with Crippen molar-refractivity contribution >= 4 is 9.84 Å². The Hall–Kier alpha value is -0.0900. The summed E-state index contributed by atoms with van der Waals surface area (Å²) in [7, 11) is -2.99. The molecular formula is C17H35NO2S. The van der Waals surface area contributed by atoms with Crippen LogP contribution in [0.5, 0.6) is 0 Å². The Morgan fingerprint density at radius 1 is 1.14 bits per heavy atom.